The molecule has 0 aliphatic heterocycles. The zero-order valence-electron chi connectivity index (χ0n) is 13.3. The van der Waals surface area contributed by atoms with Crippen LogP contribution in [0, 0.1) is 0 Å². The van der Waals surface area contributed by atoms with E-state index in [1.807, 2.05) is 36.4 Å². The van der Waals surface area contributed by atoms with E-state index in [1.165, 1.54) is 6.07 Å². The summed E-state index contributed by atoms with van der Waals surface area (Å²) in [6.07, 6.45) is 0. The van der Waals surface area contributed by atoms with Crippen molar-refractivity contribution < 1.29 is 5.11 Å². The molecular weight excluding hydrogens is 432 g/mol. The summed E-state index contributed by atoms with van der Waals surface area (Å²) in [5.74, 6) is -0.0225. The molecule has 3 aromatic carbocycles. The Morgan fingerprint density at radius 2 is 1.62 bits per heavy atom. The van der Waals surface area contributed by atoms with E-state index < -0.39 is 0 Å². The van der Waals surface area contributed by atoms with Crippen molar-refractivity contribution in [3.05, 3.63) is 80.3 Å². The first-order valence-electron chi connectivity index (χ1n) is 7.56. The van der Waals surface area contributed by atoms with Crippen LogP contribution in [0.2, 0.25) is 20.1 Å². The molecule has 2 nitrogen and oxygen atoms in total. The fourth-order valence-corrected chi connectivity index (χ4v) is 4.15. The SMILES string of the molecule is Oc1c(Cl)cc(Cl)cc1NCc1ccccc1Sc1ccc(Cl)c(Cl)c1. The maximum atomic E-state index is 10.1. The number of phenolic OH excluding ortho intramolecular Hbond substituents is 1. The topological polar surface area (TPSA) is 32.3 Å². The summed E-state index contributed by atoms with van der Waals surface area (Å²) in [5, 5.41) is 15.0. The summed E-state index contributed by atoms with van der Waals surface area (Å²) in [5.41, 5.74) is 1.54. The van der Waals surface area contributed by atoms with Gasteiger partial charge in [-0.05, 0) is 42.0 Å². The molecule has 0 heterocycles. The predicted octanol–water partition coefficient (Wildman–Crippen LogP) is 7.77. The lowest BCUT2D eigenvalue weighted by Gasteiger charge is -2.13. The van der Waals surface area contributed by atoms with E-state index >= 15 is 0 Å². The Labute approximate surface area is 176 Å². The van der Waals surface area contributed by atoms with Gasteiger partial charge in [0.25, 0.3) is 0 Å². The van der Waals surface area contributed by atoms with Crippen molar-refractivity contribution in [2.45, 2.75) is 16.3 Å². The van der Waals surface area contributed by atoms with E-state index in [2.05, 4.69) is 5.32 Å². The van der Waals surface area contributed by atoms with Gasteiger partial charge >= 0.3 is 0 Å². The molecule has 0 amide bonds. The monoisotopic (exact) mass is 443 g/mol. The number of hydrogen-bond donors (Lipinski definition) is 2. The van der Waals surface area contributed by atoms with Gasteiger partial charge in [0.2, 0.25) is 0 Å². The van der Waals surface area contributed by atoms with E-state index in [-0.39, 0.29) is 10.8 Å². The first kappa shape index (κ1) is 19.5. The molecule has 0 radical (unpaired) electrons. The Balaban J connectivity index is 1.80. The zero-order chi connectivity index (χ0) is 18.7. The molecule has 0 saturated heterocycles. The van der Waals surface area contributed by atoms with Crippen LogP contribution < -0.4 is 5.32 Å². The van der Waals surface area contributed by atoms with Crippen LogP contribution in [-0.4, -0.2) is 5.11 Å². The number of anilines is 1. The lowest BCUT2D eigenvalue weighted by atomic mass is 10.2. The normalized spacial score (nSPS) is 10.8. The van der Waals surface area contributed by atoms with Crippen LogP contribution in [-0.2, 0) is 6.54 Å². The first-order chi connectivity index (χ1) is 12.4. The number of phenols is 1. The van der Waals surface area contributed by atoms with Crippen molar-refractivity contribution >= 4 is 63.9 Å². The molecule has 0 atom stereocenters. The van der Waals surface area contributed by atoms with E-state index in [0.717, 1.165) is 15.4 Å². The lowest BCUT2D eigenvalue weighted by Crippen LogP contribution is -2.01. The van der Waals surface area contributed by atoms with Crippen molar-refractivity contribution in [2.24, 2.45) is 0 Å². The molecule has 3 aromatic rings. The van der Waals surface area contributed by atoms with Crippen LogP contribution in [0.25, 0.3) is 0 Å². The standard InChI is InChI=1S/C19H13Cl4NOS/c20-12-7-16(23)19(25)17(8-12)24-10-11-3-1-2-4-18(11)26-13-5-6-14(21)15(22)9-13/h1-9,24-25H,10H2. The van der Waals surface area contributed by atoms with Crippen LogP contribution in [0.15, 0.2) is 64.4 Å². The molecule has 0 saturated carbocycles. The molecule has 2 N–H and O–H groups in total. The van der Waals surface area contributed by atoms with E-state index in [0.29, 0.717) is 27.3 Å². The Hall–Kier alpha value is -1.23. The molecule has 0 unspecified atom stereocenters. The van der Waals surface area contributed by atoms with Gasteiger partial charge in [-0.15, -0.1) is 0 Å². The Morgan fingerprint density at radius 3 is 2.38 bits per heavy atom. The van der Waals surface area contributed by atoms with E-state index in [1.54, 1.807) is 23.9 Å². The van der Waals surface area contributed by atoms with Crippen molar-refractivity contribution in [3.63, 3.8) is 0 Å². The summed E-state index contributed by atoms with van der Waals surface area (Å²) in [6.45, 7) is 0.495. The number of rotatable bonds is 5. The highest BCUT2D eigenvalue weighted by Gasteiger charge is 2.10. The minimum absolute atomic E-state index is 0.0225. The minimum Gasteiger partial charge on any atom is -0.504 e. The van der Waals surface area contributed by atoms with E-state index in [4.69, 9.17) is 46.4 Å². The molecular formula is C19H13Cl4NOS. The summed E-state index contributed by atoms with van der Waals surface area (Å²) in [7, 11) is 0. The number of halogens is 4. The van der Waals surface area contributed by atoms with Crippen LogP contribution in [0.5, 0.6) is 5.75 Å². The molecule has 134 valence electrons. The third-order valence-electron chi connectivity index (χ3n) is 3.59. The number of hydrogen-bond acceptors (Lipinski definition) is 3. The highest BCUT2D eigenvalue weighted by molar-refractivity contribution is 7.99. The molecule has 0 spiro atoms. The Morgan fingerprint density at radius 1 is 0.846 bits per heavy atom. The van der Waals surface area contributed by atoms with Gasteiger partial charge in [-0.1, -0.05) is 76.4 Å². The third kappa shape index (κ3) is 4.73. The predicted molar refractivity (Wildman–Crippen MR) is 112 cm³/mol. The molecule has 26 heavy (non-hydrogen) atoms. The van der Waals surface area contributed by atoms with Gasteiger partial charge in [0, 0.05) is 21.4 Å². The quantitative estimate of drug-likeness (QED) is 0.394. The highest BCUT2D eigenvalue weighted by atomic mass is 35.5. The van der Waals surface area contributed by atoms with Gasteiger partial charge in [0.15, 0.2) is 5.75 Å². The summed E-state index contributed by atoms with van der Waals surface area (Å²) < 4.78 is 0. The minimum atomic E-state index is -0.0225. The summed E-state index contributed by atoms with van der Waals surface area (Å²) in [6, 6.07) is 16.6. The van der Waals surface area contributed by atoms with Crippen molar-refractivity contribution in [2.75, 3.05) is 5.32 Å². The average molecular weight is 445 g/mol. The van der Waals surface area contributed by atoms with Crippen molar-refractivity contribution in [1.29, 1.82) is 0 Å². The van der Waals surface area contributed by atoms with E-state index in [9.17, 15) is 5.11 Å². The maximum Gasteiger partial charge on any atom is 0.157 e. The molecule has 0 aliphatic rings. The highest BCUT2D eigenvalue weighted by Crippen LogP contribution is 2.37. The van der Waals surface area contributed by atoms with Crippen molar-refractivity contribution in [3.8, 4) is 5.75 Å². The second-order valence-electron chi connectivity index (χ2n) is 5.42. The fourth-order valence-electron chi connectivity index (χ4n) is 2.31. The summed E-state index contributed by atoms with van der Waals surface area (Å²) in [4.78, 5) is 2.05. The summed E-state index contributed by atoms with van der Waals surface area (Å²) >= 11 is 25.6. The van der Waals surface area contributed by atoms with Crippen LogP contribution >= 0.6 is 58.2 Å². The molecule has 0 fully saturated rings. The van der Waals surface area contributed by atoms with Crippen LogP contribution in [0.3, 0.4) is 0 Å². The largest absolute Gasteiger partial charge is 0.504 e. The van der Waals surface area contributed by atoms with Gasteiger partial charge in [-0.25, -0.2) is 0 Å². The number of nitrogens with one attached hydrogen (secondary N) is 1. The molecule has 0 aromatic heterocycles. The van der Waals surface area contributed by atoms with Gasteiger partial charge < -0.3 is 10.4 Å². The second-order valence-corrected chi connectivity index (χ2v) is 8.20. The molecule has 7 heteroatoms. The average Bonchev–Trinajstić information content (AvgIpc) is 2.61. The molecule has 0 aliphatic carbocycles. The van der Waals surface area contributed by atoms with Gasteiger partial charge in [-0.3, -0.25) is 0 Å². The third-order valence-corrected chi connectivity index (χ3v) is 5.94. The zero-order valence-corrected chi connectivity index (χ0v) is 17.1. The van der Waals surface area contributed by atoms with Gasteiger partial charge in [0.1, 0.15) is 0 Å². The smallest absolute Gasteiger partial charge is 0.157 e. The first-order valence-corrected chi connectivity index (χ1v) is 9.89. The van der Waals surface area contributed by atoms with Gasteiger partial charge in [0.05, 0.1) is 20.8 Å². The number of aromatic hydroxyl groups is 1. The fraction of sp³-hybridized carbons (Fsp3) is 0.0526. The van der Waals surface area contributed by atoms with Crippen molar-refractivity contribution in [1.82, 2.24) is 0 Å². The van der Waals surface area contributed by atoms with Gasteiger partial charge in [-0.2, -0.15) is 0 Å². The number of benzene rings is 3. The lowest BCUT2D eigenvalue weighted by molar-refractivity contribution is 0.477. The second kappa shape index (κ2) is 8.64. The Bertz CT molecular complexity index is 949. The van der Waals surface area contributed by atoms with Crippen LogP contribution in [0.4, 0.5) is 5.69 Å². The molecule has 0 bridgehead atoms. The van der Waals surface area contributed by atoms with Crippen LogP contribution in [0.1, 0.15) is 5.56 Å². The maximum absolute atomic E-state index is 10.1. The molecule has 3 rings (SSSR count). The Kier molecular flexibility index (Phi) is 6.49.